The number of nitrogens with zero attached hydrogens (tertiary/aromatic N) is 2. The van der Waals surface area contributed by atoms with Gasteiger partial charge in [0.1, 0.15) is 0 Å². The quantitative estimate of drug-likeness (QED) is 0.276. The van der Waals surface area contributed by atoms with Crippen LogP contribution < -0.4 is 5.32 Å². The van der Waals surface area contributed by atoms with E-state index in [0.29, 0.717) is 37.0 Å². The van der Waals surface area contributed by atoms with Gasteiger partial charge in [0.15, 0.2) is 0 Å². The normalized spacial score (nSPS) is 15.1. The van der Waals surface area contributed by atoms with E-state index < -0.39 is 10.1 Å². The van der Waals surface area contributed by atoms with Crippen molar-refractivity contribution >= 4 is 27.8 Å². The maximum atomic E-state index is 11.8. The van der Waals surface area contributed by atoms with Gasteiger partial charge in [-0.1, -0.05) is 0 Å². The molecule has 0 saturated carbocycles. The third-order valence-corrected chi connectivity index (χ3v) is 4.70. The van der Waals surface area contributed by atoms with Crippen LogP contribution in [0.2, 0.25) is 0 Å². The van der Waals surface area contributed by atoms with Crippen LogP contribution in [-0.4, -0.2) is 86.1 Å². The predicted octanol–water partition coefficient (Wildman–Crippen LogP) is -0.838. The van der Waals surface area contributed by atoms with E-state index >= 15 is 0 Å². The Balaban J connectivity index is 2.17. The van der Waals surface area contributed by atoms with Gasteiger partial charge in [-0.2, -0.15) is 8.42 Å². The Kier molecular flexibility index (Phi) is 7.71. The zero-order chi connectivity index (χ0) is 19.1. The Hall–Kier alpha value is -1.78. The van der Waals surface area contributed by atoms with Crippen molar-refractivity contribution in [3.8, 4) is 0 Å². The van der Waals surface area contributed by atoms with Crippen LogP contribution in [0, 0.1) is 0 Å². The highest BCUT2D eigenvalue weighted by Gasteiger charge is 2.22. The SMILES string of the molecule is C[N+](C)(CCCS(=O)(=O)O)CCNC(=O)CCCN1C(=O)C=CC1=O. The molecule has 1 aliphatic heterocycles. The Bertz CT molecular complexity index is 624. The van der Waals surface area contributed by atoms with Crippen molar-refractivity contribution in [2.75, 3.05) is 46.0 Å². The first-order valence-corrected chi connectivity index (χ1v) is 9.68. The molecule has 0 atom stereocenters. The first-order valence-electron chi connectivity index (χ1n) is 8.08. The maximum Gasteiger partial charge on any atom is 0.265 e. The molecule has 0 aromatic carbocycles. The minimum absolute atomic E-state index is 0.162. The fraction of sp³-hybridized carbons (Fsp3) is 0.667. The van der Waals surface area contributed by atoms with Crippen molar-refractivity contribution in [3.05, 3.63) is 12.2 Å². The molecule has 142 valence electrons. The number of carbonyl (C=O) groups excluding carboxylic acids is 3. The number of quaternary nitrogens is 1. The topological polar surface area (TPSA) is 121 Å². The summed E-state index contributed by atoms with van der Waals surface area (Å²) in [4.78, 5) is 35.6. The van der Waals surface area contributed by atoms with Crippen LogP contribution in [0.15, 0.2) is 12.2 Å². The molecule has 1 aliphatic rings. The van der Waals surface area contributed by atoms with Crippen molar-refractivity contribution in [1.29, 1.82) is 0 Å². The second-order valence-corrected chi connectivity index (χ2v) is 8.21. The molecule has 9 nitrogen and oxygen atoms in total. The molecular formula is C15H26N3O6S+. The van der Waals surface area contributed by atoms with Gasteiger partial charge in [0.05, 0.1) is 39.5 Å². The van der Waals surface area contributed by atoms with Crippen LogP contribution in [0.4, 0.5) is 0 Å². The highest BCUT2D eigenvalue weighted by molar-refractivity contribution is 7.85. The largest absolute Gasteiger partial charge is 0.350 e. The lowest BCUT2D eigenvalue weighted by molar-refractivity contribution is -0.889. The van der Waals surface area contributed by atoms with Gasteiger partial charge in [-0.3, -0.25) is 23.8 Å². The molecule has 3 amide bonds. The third kappa shape index (κ3) is 8.75. The molecule has 0 radical (unpaired) electrons. The molecule has 0 saturated heterocycles. The molecule has 0 aliphatic carbocycles. The van der Waals surface area contributed by atoms with Crippen LogP contribution >= 0.6 is 0 Å². The minimum Gasteiger partial charge on any atom is -0.350 e. The van der Waals surface area contributed by atoms with E-state index in [1.54, 1.807) is 0 Å². The van der Waals surface area contributed by atoms with Crippen LogP contribution in [0.25, 0.3) is 0 Å². The number of nitrogens with one attached hydrogen (secondary N) is 1. The van der Waals surface area contributed by atoms with Gasteiger partial charge >= 0.3 is 0 Å². The van der Waals surface area contributed by atoms with E-state index in [9.17, 15) is 22.8 Å². The first kappa shape index (κ1) is 21.3. The van der Waals surface area contributed by atoms with Crippen LogP contribution in [0.5, 0.6) is 0 Å². The Morgan fingerprint density at radius 1 is 1.16 bits per heavy atom. The summed E-state index contributed by atoms with van der Waals surface area (Å²) in [6, 6.07) is 0. The fourth-order valence-corrected chi connectivity index (χ4v) is 2.92. The summed E-state index contributed by atoms with van der Waals surface area (Å²) in [5.74, 6) is -1.14. The number of hydrogen-bond acceptors (Lipinski definition) is 5. The molecule has 0 bridgehead atoms. The summed E-state index contributed by atoms with van der Waals surface area (Å²) in [6.45, 7) is 1.82. The summed E-state index contributed by atoms with van der Waals surface area (Å²) < 4.78 is 30.6. The molecule has 0 fully saturated rings. The average Bonchev–Trinajstić information content (AvgIpc) is 2.77. The van der Waals surface area contributed by atoms with E-state index in [1.807, 2.05) is 14.1 Å². The lowest BCUT2D eigenvalue weighted by atomic mass is 10.2. The highest BCUT2D eigenvalue weighted by atomic mass is 32.2. The number of imide groups is 1. The maximum absolute atomic E-state index is 11.8. The summed E-state index contributed by atoms with van der Waals surface area (Å²) in [7, 11) is -0.121. The summed E-state index contributed by atoms with van der Waals surface area (Å²) in [5.41, 5.74) is 0. The Morgan fingerprint density at radius 2 is 1.76 bits per heavy atom. The molecule has 2 N–H and O–H groups in total. The standard InChI is InChI=1S/C15H25N3O6S/c1-18(2,10-4-12-25(22,23)24)11-8-16-13(19)5-3-9-17-14(20)6-7-15(17)21/h6-7H,3-5,8-12H2,1-2H3,(H-,16,19,22,23,24)/p+1. The van der Waals surface area contributed by atoms with Crippen molar-refractivity contribution in [1.82, 2.24) is 10.2 Å². The molecule has 0 aromatic heterocycles. The summed E-state index contributed by atoms with van der Waals surface area (Å²) in [6.07, 6.45) is 3.38. The highest BCUT2D eigenvalue weighted by Crippen LogP contribution is 2.05. The number of likely N-dealkylation sites (N-methyl/N-ethyl adjacent to an activating group) is 1. The van der Waals surface area contributed by atoms with Gasteiger partial charge in [-0.15, -0.1) is 0 Å². The van der Waals surface area contributed by atoms with Crippen LogP contribution in [0.1, 0.15) is 19.3 Å². The van der Waals surface area contributed by atoms with E-state index in [4.69, 9.17) is 4.55 Å². The second kappa shape index (κ2) is 9.07. The number of carbonyl (C=O) groups is 3. The van der Waals surface area contributed by atoms with Gasteiger partial charge in [-0.25, -0.2) is 0 Å². The van der Waals surface area contributed by atoms with E-state index in [1.165, 1.54) is 12.2 Å². The smallest absolute Gasteiger partial charge is 0.265 e. The molecule has 0 aromatic rings. The molecule has 0 spiro atoms. The predicted molar refractivity (Wildman–Crippen MR) is 91.0 cm³/mol. The Morgan fingerprint density at radius 3 is 2.32 bits per heavy atom. The zero-order valence-electron chi connectivity index (χ0n) is 14.6. The first-order chi connectivity index (χ1) is 11.5. The molecule has 0 unspecified atom stereocenters. The van der Waals surface area contributed by atoms with Crippen molar-refractivity contribution in [3.63, 3.8) is 0 Å². The minimum atomic E-state index is -3.94. The summed E-state index contributed by atoms with van der Waals surface area (Å²) >= 11 is 0. The lowest BCUT2D eigenvalue weighted by Gasteiger charge is -2.29. The van der Waals surface area contributed by atoms with E-state index in [0.717, 1.165) is 4.90 Å². The number of rotatable bonds is 11. The zero-order valence-corrected chi connectivity index (χ0v) is 15.4. The summed E-state index contributed by atoms with van der Waals surface area (Å²) in [5, 5.41) is 2.77. The van der Waals surface area contributed by atoms with Crippen molar-refractivity contribution in [2.45, 2.75) is 19.3 Å². The van der Waals surface area contributed by atoms with Gasteiger partial charge in [0, 0.05) is 31.5 Å². The molecule has 10 heteroatoms. The van der Waals surface area contributed by atoms with Gasteiger partial charge < -0.3 is 9.80 Å². The molecule has 1 heterocycles. The average molecular weight is 376 g/mol. The fourth-order valence-electron chi connectivity index (χ4n) is 2.42. The van der Waals surface area contributed by atoms with Crippen molar-refractivity contribution in [2.24, 2.45) is 0 Å². The van der Waals surface area contributed by atoms with Crippen molar-refractivity contribution < 1.29 is 31.8 Å². The van der Waals surface area contributed by atoms with E-state index in [-0.39, 0.29) is 36.4 Å². The van der Waals surface area contributed by atoms with Gasteiger partial charge in [0.25, 0.3) is 21.9 Å². The molecule has 1 rings (SSSR count). The third-order valence-electron chi connectivity index (χ3n) is 3.89. The monoisotopic (exact) mass is 376 g/mol. The molecule has 25 heavy (non-hydrogen) atoms. The van der Waals surface area contributed by atoms with Gasteiger partial charge in [0.2, 0.25) is 5.91 Å². The van der Waals surface area contributed by atoms with Crippen LogP contribution in [-0.2, 0) is 24.5 Å². The molecular weight excluding hydrogens is 350 g/mol. The number of amides is 3. The van der Waals surface area contributed by atoms with Gasteiger partial charge in [-0.05, 0) is 6.42 Å². The van der Waals surface area contributed by atoms with Crippen LogP contribution in [0.3, 0.4) is 0 Å². The van der Waals surface area contributed by atoms with E-state index in [2.05, 4.69) is 5.32 Å². The lowest BCUT2D eigenvalue weighted by Crippen LogP contribution is -2.46. The second-order valence-electron chi connectivity index (χ2n) is 6.64. The Labute approximate surface area is 148 Å². The number of hydrogen-bond donors (Lipinski definition) is 2.